The van der Waals surface area contributed by atoms with Crippen LogP contribution in [0.15, 0.2) is 36.4 Å². The molecule has 0 radical (unpaired) electrons. The third kappa shape index (κ3) is 4.95. The van der Waals surface area contributed by atoms with E-state index in [4.69, 9.17) is 4.74 Å². The van der Waals surface area contributed by atoms with Gasteiger partial charge in [-0.2, -0.15) is 0 Å². The predicted molar refractivity (Wildman–Crippen MR) is 91.0 cm³/mol. The average molecular weight is 314 g/mol. The van der Waals surface area contributed by atoms with Crippen molar-refractivity contribution in [3.05, 3.63) is 42.1 Å². The number of amides is 1. The van der Waals surface area contributed by atoms with Crippen molar-refractivity contribution in [1.82, 2.24) is 10.2 Å². The number of carbonyl (C=O) groups excluding carboxylic acids is 1. The van der Waals surface area contributed by atoms with Gasteiger partial charge in [-0.15, -0.1) is 10.2 Å². The lowest BCUT2D eigenvalue weighted by atomic mass is 10.2. The second-order valence-electron chi connectivity index (χ2n) is 5.09. The smallest absolute Gasteiger partial charge is 0.276 e. The van der Waals surface area contributed by atoms with Gasteiger partial charge in [0.15, 0.2) is 5.69 Å². The predicted octanol–water partition coefficient (Wildman–Crippen LogP) is 3.34. The number of carbonyl (C=O) groups is 1. The van der Waals surface area contributed by atoms with Crippen molar-refractivity contribution >= 4 is 17.4 Å². The van der Waals surface area contributed by atoms with E-state index in [9.17, 15) is 4.79 Å². The molecular weight excluding hydrogens is 292 g/mol. The number of hydrogen-bond donors (Lipinski definition) is 2. The second kappa shape index (κ2) is 8.73. The number of aromatic nitrogens is 2. The summed E-state index contributed by atoms with van der Waals surface area (Å²) in [5.41, 5.74) is 0.860. The van der Waals surface area contributed by atoms with Crippen LogP contribution >= 0.6 is 0 Å². The molecular formula is C17H22N4O2. The Morgan fingerprint density at radius 3 is 2.65 bits per heavy atom. The standard InChI is InChI=1S/C17H22N4O2/c1-3-4-7-12-18-16-11-10-14(20-21-16)17(22)19-13-8-5-6-9-15(13)23-2/h5-6,8-11H,3-4,7,12H2,1-2H3,(H,18,21)(H,19,22). The van der Waals surface area contributed by atoms with E-state index < -0.39 is 0 Å². The third-order valence-corrected chi connectivity index (χ3v) is 3.34. The van der Waals surface area contributed by atoms with Crippen LogP contribution in [-0.4, -0.2) is 29.8 Å². The fourth-order valence-corrected chi connectivity index (χ4v) is 2.07. The van der Waals surface area contributed by atoms with Crippen LogP contribution in [0.25, 0.3) is 0 Å². The Bertz CT molecular complexity index is 629. The first kappa shape index (κ1) is 16.7. The van der Waals surface area contributed by atoms with Crippen LogP contribution in [-0.2, 0) is 0 Å². The number of rotatable bonds is 8. The van der Waals surface area contributed by atoms with Gasteiger partial charge < -0.3 is 15.4 Å². The molecule has 23 heavy (non-hydrogen) atoms. The van der Waals surface area contributed by atoms with Gasteiger partial charge in [-0.1, -0.05) is 31.9 Å². The van der Waals surface area contributed by atoms with Gasteiger partial charge >= 0.3 is 0 Å². The summed E-state index contributed by atoms with van der Waals surface area (Å²) in [7, 11) is 1.56. The number of hydrogen-bond acceptors (Lipinski definition) is 5. The highest BCUT2D eigenvalue weighted by Gasteiger charge is 2.11. The zero-order valence-corrected chi connectivity index (χ0v) is 13.5. The summed E-state index contributed by atoms with van der Waals surface area (Å²) in [5.74, 6) is 0.956. The van der Waals surface area contributed by atoms with E-state index in [0.29, 0.717) is 17.3 Å². The van der Waals surface area contributed by atoms with Crippen LogP contribution < -0.4 is 15.4 Å². The molecule has 1 aromatic carbocycles. The molecule has 0 bridgehead atoms. The van der Waals surface area contributed by atoms with Gasteiger partial charge in [0, 0.05) is 6.54 Å². The molecule has 2 N–H and O–H groups in total. The van der Waals surface area contributed by atoms with E-state index >= 15 is 0 Å². The van der Waals surface area contributed by atoms with Crippen LogP contribution in [0.2, 0.25) is 0 Å². The summed E-state index contributed by atoms with van der Waals surface area (Å²) in [4.78, 5) is 12.2. The molecule has 6 nitrogen and oxygen atoms in total. The molecule has 0 saturated carbocycles. The third-order valence-electron chi connectivity index (χ3n) is 3.34. The van der Waals surface area contributed by atoms with Gasteiger partial charge in [-0.05, 0) is 30.7 Å². The SMILES string of the molecule is CCCCCNc1ccc(C(=O)Nc2ccccc2OC)nn1. The molecule has 6 heteroatoms. The number of nitrogens with one attached hydrogen (secondary N) is 2. The number of para-hydroxylation sites is 2. The van der Waals surface area contributed by atoms with Crippen molar-refractivity contribution in [3.63, 3.8) is 0 Å². The molecule has 0 aliphatic carbocycles. The van der Waals surface area contributed by atoms with E-state index in [1.165, 1.54) is 12.8 Å². The lowest BCUT2D eigenvalue weighted by molar-refractivity contribution is 0.102. The quantitative estimate of drug-likeness (QED) is 0.731. The van der Waals surface area contributed by atoms with Crippen LogP contribution in [0.1, 0.15) is 36.7 Å². The Labute approximate surface area is 136 Å². The maximum absolute atomic E-state index is 12.2. The van der Waals surface area contributed by atoms with Crippen LogP contribution in [0, 0.1) is 0 Å². The second-order valence-corrected chi connectivity index (χ2v) is 5.09. The first-order chi connectivity index (χ1) is 11.2. The Morgan fingerprint density at radius 1 is 1.13 bits per heavy atom. The summed E-state index contributed by atoms with van der Waals surface area (Å²) in [6.07, 6.45) is 3.45. The largest absolute Gasteiger partial charge is 0.495 e. The highest BCUT2D eigenvalue weighted by Crippen LogP contribution is 2.23. The Morgan fingerprint density at radius 2 is 1.96 bits per heavy atom. The summed E-state index contributed by atoms with van der Waals surface area (Å²) in [6, 6.07) is 10.6. The Hall–Kier alpha value is -2.63. The van der Waals surface area contributed by atoms with Gasteiger partial charge in [-0.3, -0.25) is 4.79 Å². The minimum absolute atomic E-state index is 0.259. The lowest BCUT2D eigenvalue weighted by Crippen LogP contribution is -2.15. The molecule has 122 valence electrons. The number of unbranched alkanes of at least 4 members (excludes halogenated alkanes) is 2. The van der Waals surface area contributed by atoms with Crippen molar-refractivity contribution in [2.75, 3.05) is 24.3 Å². The van der Waals surface area contributed by atoms with Crippen molar-refractivity contribution in [2.24, 2.45) is 0 Å². The van der Waals surface area contributed by atoms with Gasteiger partial charge in [0.05, 0.1) is 12.8 Å². The van der Waals surface area contributed by atoms with Gasteiger partial charge in [-0.25, -0.2) is 0 Å². The number of benzene rings is 1. The molecule has 1 aromatic heterocycles. The van der Waals surface area contributed by atoms with E-state index in [1.807, 2.05) is 12.1 Å². The van der Waals surface area contributed by atoms with Crippen molar-refractivity contribution in [1.29, 1.82) is 0 Å². The van der Waals surface area contributed by atoms with Gasteiger partial charge in [0.2, 0.25) is 0 Å². The number of ether oxygens (including phenoxy) is 1. The summed E-state index contributed by atoms with van der Waals surface area (Å²) in [5, 5.41) is 14.0. The molecule has 0 saturated heterocycles. The number of methoxy groups -OCH3 is 1. The van der Waals surface area contributed by atoms with E-state index in [-0.39, 0.29) is 11.6 Å². The first-order valence-electron chi connectivity index (χ1n) is 7.76. The van der Waals surface area contributed by atoms with Crippen molar-refractivity contribution in [2.45, 2.75) is 26.2 Å². The molecule has 1 heterocycles. The van der Waals surface area contributed by atoms with Crippen LogP contribution in [0.3, 0.4) is 0 Å². The van der Waals surface area contributed by atoms with Crippen LogP contribution in [0.5, 0.6) is 5.75 Å². The first-order valence-corrected chi connectivity index (χ1v) is 7.76. The topological polar surface area (TPSA) is 76.1 Å². The number of nitrogens with zero attached hydrogens (tertiary/aromatic N) is 2. The Balaban J connectivity index is 1.94. The zero-order valence-electron chi connectivity index (χ0n) is 13.5. The van der Waals surface area contributed by atoms with Crippen molar-refractivity contribution < 1.29 is 9.53 Å². The van der Waals surface area contributed by atoms with Gasteiger partial charge in [0.25, 0.3) is 5.91 Å². The lowest BCUT2D eigenvalue weighted by Gasteiger charge is -2.09. The highest BCUT2D eigenvalue weighted by molar-refractivity contribution is 6.03. The average Bonchev–Trinajstić information content (AvgIpc) is 2.59. The van der Waals surface area contributed by atoms with E-state index in [2.05, 4.69) is 27.8 Å². The summed E-state index contributed by atoms with van der Waals surface area (Å²) < 4.78 is 5.20. The maximum atomic E-state index is 12.2. The number of anilines is 2. The van der Waals surface area contributed by atoms with E-state index in [1.54, 1.807) is 31.4 Å². The van der Waals surface area contributed by atoms with E-state index in [0.717, 1.165) is 13.0 Å². The minimum atomic E-state index is -0.320. The minimum Gasteiger partial charge on any atom is -0.495 e. The summed E-state index contributed by atoms with van der Waals surface area (Å²) >= 11 is 0. The molecule has 0 unspecified atom stereocenters. The molecule has 0 atom stereocenters. The normalized spacial score (nSPS) is 10.2. The van der Waals surface area contributed by atoms with Crippen molar-refractivity contribution in [3.8, 4) is 5.75 Å². The van der Waals surface area contributed by atoms with Gasteiger partial charge in [0.1, 0.15) is 11.6 Å². The maximum Gasteiger partial charge on any atom is 0.276 e. The molecule has 0 aliphatic rings. The fourth-order valence-electron chi connectivity index (χ4n) is 2.07. The van der Waals surface area contributed by atoms with Crippen LogP contribution in [0.4, 0.5) is 11.5 Å². The fraction of sp³-hybridized carbons (Fsp3) is 0.353. The zero-order chi connectivity index (χ0) is 16.5. The molecule has 1 amide bonds. The molecule has 2 rings (SSSR count). The Kier molecular flexibility index (Phi) is 6.35. The monoisotopic (exact) mass is 314 g/mol. The summed E-state index contributed by atoms with van der Waals surface area (Å²) in [6.45, 7) is 3.02. The highest BCUT2D eigenvalue weighted by atomic mass is 16.5. The molecule has 0 aliphatic heterocycles. The molecule has 2 aromatic rings. The molecule has 0 spiro atoms. The molecule has 0 fully saturated rings.